The quantitative estimate of drug-likeness (QED) is 0.694. The topological polar surface area (TPSA) is 12.5 Å². The molecule has 0 radical (unpaired) electrons. The van der Waals surface area contributed by atoms with Gasteiger partial charge >= 0.3 is 0 Å². The lowest BCUT2D eigenvalue weighted by Gasteiger charge is -2.37. The van der Waals surface area contributed by atoms with E-state index >= 15 is 0 Å². The normalized spacial score (nSPS) is 25.5. The van der Waals surface area contributed by atoms with Gasteiger partial charge in [-0.2, -0.15) is 0 Å². The molecule has 0 bridgehead atoms. The van der Waals surface area contributed by atoms with E-state index in [1.807, 2.05) is 18.2 Å². The molecular formula is C13H17NOS. The zero-order valence-electron chi connectivity index (χ0n) is 9.72. The summed E-state index contributed by atoms with van der Waals surface area (Å²) in [5.74, 6) is 0. The molecule has 0 N–H and O–H groups in total. The molecule has 0 aromatic heterocycles. The van der Waals surface area contributed by atoms with Crippen molar-refractivity contribution < 1.29 is 4.74 Å². The standard InChI is InChI=1S/C13H17NOS/c1-10-8-14(9-11(2)15-10)13(16)12-6-4-3-5-7-12/h3-7,10-11H,8-9H2,1-2H3/t10-,11-/m1/s1. The Labute approximate surface area is 102 Å². The summed E-state index contributed by atoms with van der Waals surface area (Å²) in [7, 11) is 0. The summed E-state index contributed by atoms with van der Waals surface area (Å²) in [4.78, 5) is 3.17. The highest BCUT2D eigenvalue weighted by atomic mass is 32.1. The summed E-state index contributed by atoms with van der Waals surface area (Å²) in [5.41, 5.74) is 1.12. The molecule has 0 aliphatic carbocycles. The van der Waals surface area contributed by atoms with Crippen LogP contribution in [0.3, 0.4) is 0 Å². The van der Waals surface area contributed by atoms with Crippen LogP contribution >= 0.6 is 12.2 Å². The zero-order chi connectivity index (χ0) is 11.5. The Balaban J connectivity index is 2.10. The molecule has 1 fully saturated rings. The Morgan fingerprint density at radius 3 is 2.31 bits per heavy atom. The fraction of sp³-hybridized carbons (Fsp3) is 0.462. The minimum absolute atomic E-state index is 0.255. The second kappa shape index (κ2) is 4.93. The predicted molar refractivity (Wildman–Crippen MR) is 69.7 cm³/mol. The van der Waals surface area contributed by atoms with Gasteiger partial charge in [0.05, 0.1) is 12.2 Å². The van der Waals surface area contributed by atoms with E-state index in [4.69, 9.17) is 17.0 Å². The molecule has 2 rings (SSSR count). The van der Waals surface area contributed by atoms with Crippen molar-refractivity contribution in [2.75, 3.05) is 13.1 Å². The van der Waals surface area contributed by atoms with Gasteiger partial charge in [0.15, 0.2) is 0 Å². The lowest BCUT2D eigenvalue weighted by Crippen LogP contribution is -2.47. The molecule has 1 heterocycles. The lowest BCUT2D eigenvalue weighted by molar-refractivity contribution is -0.0472. The summed E-state index contributed by atoms with van der Waals surface area (Å²) >= 11 is 5.52. The van der Waals surface area contributed by atoms with E-state index in [-0.39, 0.29) is 12.2 Å². The fourth-order valence-corrected chi connectivity index (χ4v) is 2.39. The van der Waals surface area contributed by atoms with Crippen molar-refractivity contribution in [3.05, 3.63) is 35.9 Å². The second-order valence-corrected chi connectivity index (χ2v) is 4.72. The molecule has 1 aliphatic heterocycles. The summed E-state index contributed by atoms with van der Waals surface area (Å²) in [6, 6.07) is 10.2. The van der Waals surface area contributed by atoms with Crippen LogP contribution in [0, 0.1) is 0 Å². The number of hydrogen-bond donors (Lipinski definition) is 0. The van der Waals surface area contributed by atoms with Gasteiger partial charge in [-0.15, -0.1) is 0 Å². The van der Waals surface area contributed by atoms with Crippen molar-refractivity contribution in [3.8, 4) is 0 Å². The van der Waals surface area contributed by atoms with Crippen molar-refractivity contribution in [2.24, 2.45) is 0 Å². The molecular weight excluding hydrogens is 218 g/mol. The number of hydrogen-bond acceptors (Lipinski definition) is 2. The molecule has 0 spiro atoms. The van der Waals surface area contributed by atoms with Crippen LogP contribution in [-0.4, -0.2) is 35.2 Å². The summed E-state index contributed by atoms with van der Waals surface area (Å²) in [5, 5.41) is 0. The Bertz CT molecular complexity index is 355. The number of nitrogens with zero attached hydrogens (tertiary/aromatic N) is 1. The minimum Gasteiger partial charge on any atom is -0.372 e. The van der Waals surface area contributed by atoms with Gasteiger partial charge in [0.25, 0.3) is 0 Å². The number of morpholine rings is 1. The van der Waals surface area contributed by atoms with Gasteiger partial charge in [-0.05, 0) is 13.8 Å². The molecule has 1 aromatic rings. The maximum Gasteiger partial charge on any atom is 0.109 e. The third kappa shape index (κ3) is 2.60. The third-order valence-corrected chi connectivity index (χ3v) is 3.22. The molecule has 16 heavy (non-hydrogen) atoms. The molecule has 0 saturated carbocycles. The number of ether oxygens (including phenoxy) is 1. The highest BCUT2D eigenvalue weighted by Gasteiger charge is 2.24. The molecule has 2 atom stereocenters. The monoisotopic (exact) mass is 235 g/mol. The van der Waals surface area contributed by atoms with Gasteiger partial charge in [-0.1, -0.05) is 42.5 Å². The SMILES string of the molecule is C[C@@H]1CN(C(=S)c2ccccc2)C[C@@H](C)O1. The van der Waals surface area contributed by atoms with Crippen LogP contribution in [0.1, 0.15) is 19.4 Å². The summed E-state index contributed by atoms with van der Waals surface area (Å²) in [6.07, 6.45) is 0.510. The first-order chi connectivity index (χ1) is 7.66. The van der Waals surface area contributed by atoms with Crippen LogP contribution in [0.25, 0.3) is 0 Å². The first-order valence-electron chi connectivity index (χ1n) is 5.66. The molecule has 0 unspecified atom stereocenters. The van der Waals surface area contributed by atoms with Crippen molar-refractivity contribution in [1.82, 2.24) is 4.90 Å². The molecule has 86 valence electrons. The van der Waals surface area contributed by atoms with E-state index in [1.165, 1.54) is 0 Å². The lowest BCUT2D eigenvalue weighted by atomic mass is 10.1. The van der Waals surface area contributed by atoms with Gasteiger partial charge in [-0.3, -0.25) is 0 Å². The van der Waals surface area contributed by atoms with E-state index in [0.717, 1.165) is 23.6 Å². The molecule has 1 saturated heterocycles. The van der Waals surface area contributed by atoms with E-state index in [2.05, 4.69) is 30.9 Å². The van der Waals surface area contributed by atoms with Crippen LogP contribution in [0.15, 0.2) is 30.3 Å². The molecule has 2 nitrogen and oxygen atoms in total. The van der Waals surface area contributed by atoms with Gasteiger partial charge in [0, 0.05) is 18.7 Å². The maximum absolute atomic E-state index is 5.70. The Morgan fingerprint density at radius 2 is 1.75 bits per heavy atom. The van der Waals surface area contributed by atoms with Crippen LogP contribution in [0.4, 0.5) is 0 Å². The first kappa shape index (κ1) is 11.6. The highest BCUT2D eigenvalue weighted by Crippen LogP contribution is 2.14. The Hall–Kier alpha value is -0.930. The average Bonchev–Trinajstić information content (AvgIpc) is 2.28. The number of benzene rings is 1. The predicted octanol–water partition coefficient (Wildman–Crippen LogP) is 2.47. The van der Waals surface area contributed by atoms with E-state index < -0.39 is 0 Å². The van der Waals surface area contributed by atoms with Crippen molar-refractivity contribution in [1.29, 1.82) is 0 Å². The smallest absolute Gasteiger partial charge is 0.109 e. The number of thiocarbonyl (C=S) groups is 1. The zero-order valence-corrected chi connectivity index (χ0v) is 10.5. The summed E-state index contributed by atoms with van der Waals surface area (Å²) < 4.78 is 5.70. The van der Waals surface area contributed by atoms with E-state index in [0.29, 0.717) is 0 Å². The van der Waals surface area contributed by atoms with Crippen molar-refractivity contribution in [3.63, 3.8) is 0 Å². The molecule has 1 aliphatic rings. The molecule has 3 heteroatoms. The second-order valence-electron chi connectivity index (χ2n) is 4.33. The van der Waals surface area contributed by atoms with Gasteiger partial charge in [-0.25, -0.2) is 0 Å². The average molecular weight is 235 g/mol. The van der Waals surface area contributed by atoms with Gasteiger partial charge in [0.1, 0.15) is 4.99 Å². The van der Waals surface area contributed by atoms with Crippen LogP contribution in [-0.2, 0) is 4.74 Å². The van der Waals surface area contributed by atoms with Crippen molar-refractivity contribution >= 4 is 17.2 Å². The molecule has 0 amide bonds. The van der Waals surface area contributed by atoms with Gasteiger partial charge in [0.2, 0.25) is 0 Å². The Morgan fingerprint density at radius 1 is 1.19 bits per heavy atom. The number of rotatable bonds is 1. The minimum atomic E-state index is 0.255. The molecule has 1 aromatic carbocycles. The van der Waals surface area contributed by atoms with Gasteiger partial charge < -0.3 is 9.64 Å². The van der Waals surface area contributed by atoms with E-state index in [1.54, 1.807) is 0 Å². The van der Waals surface area contributed by atoms with Crippen molar-refractivity contribution in [2.45, 2.75) is 26.1 Å². The first-order valence-corrected chi connectivity index (χ1v) is 6.07. The highest BCUT2D eigenvalue weighted by molar-refractivity contribution is 7.80. The van der Waals surface area contributed by atoms with Crippen LogP contribution in [0.2, 0.25) is 0 Å². The fourth-order valence-electron chi connectivity index (χ4n) is 2.11. The largest absolute Gasteiger partial charge is 0.372 e. The van der Waals surface area contributed by atoms with E-state index in [9.17, 15) is 0 Å². The van der Waals surface area contributed by atoms with Crippen LogP contribution < -0.4 is 0 Å². The summed E-state index contributed by atoms with van der Waals surface area (Å²) in [6.45, 7) is 5.96. The van der Waals surface area contributed by atoms with Crippen LogP contribution in [0.5, 0.6) is 0 Å². The third-order valence-electron chi connectivity index (χ3n) is 2.73. The maximum atomic E-state index is 5.70. The Kier molecular flexibility index (Phi) is 3.56.